The van der Waals surface area contributed by atoms with E-state index >= 15 is 0 Å². The lowest BCUT2D eigenvalue weighted by Gasteiger charge is -2.18. The van der Waals surface area contributed by atoms with Crippen molar-refractivity contribution in [2.75, 3.05) is 25.0 Å². The zero-order valence-corrected chi connectivity index (χ0v) is 9.66. The van der Waals surface area contributed by atoms with Crippen molar-refractivity contribution in [1.29, 1.82) is 0 Å². The number of aryl methyl sites for hydroxylation is 1. The van der Waals surface area contributed by atoms with Crippen LogP contribution < -0.4 is 10.2 Å². The molecule has 0 radical (unpaired) electrons. The molecule has 0 saturated heterocycles. The monoisotopic (exact) mass is 216 g/mol. The van der Waals surface area contributed by atoms with E-state index in [1.807, 2.05) is 43.1 Å². The number of nitrogens with zero attached hydrogens (tertiary/aromatic N) is 1. The standard InChI is InChI=1S/C13H16N2O/c1-4-9-14-13(16)10-15(3)12-7-5-11(2)6-8-12/h1,5-8H,9-10H2,2-3H3,(H,14,16). The van der Waals surface area contributed by atoms with Gasteiger partial charge in [-0.15, -0.1) is 6.42 Å². The Kier molecular flexibility index (Phi) is 4.41. The number of rotatable bonds is 4. The molecule has 84 valence electrons. The molecular weight excluding hydrogens is 200 g/mol. The maximum Gasteiger partial charge on any atom is 0.240 e. The van der Waals surface area contributed by atoms with Crippen molar-refractivity contribution in [1.82, 2.24) is 5.32 Å². The van der Waals surface area contributed by atoms with E-state index in [1.54, 1.807) is 0 Å². The number of likely N-dealkylation sites (N-methyl/N-ethyl adjacent to an activating group) is 1. The molecule has 0 saturated carbocycles. The Hall–Kier alpha value is -1.95. The predicted octanol–water partition coefficient (Wildman–Crippen LogP) is 1.18. The highest BCUT2D eigenvalue weighted by molar-refractivity contribution is 5.81. The van der Waals surface area contributed by atoms with Gasteiger partial charge in [0.1, 0.15) is 0 Å². The third kappa shape index (κ3) is 3.66. The number of terminal acetylenes is 1. The number of hydrogen-bond acceptors (Lipinski definition) is 2. The molecule has 0 aliphatic rings. The van der Waals surface area contributed by atoms with Gasteiger partial charge in [-0.2, -0.15) is 0 Å². The molecule has 0 unspecified atom stereocenters. The zero-order chi connectivity index (χ0) is 12.0. The van der Waals surface area contributed by atoms with E-state index in [9.17, 15) is 4.79 Å². The molecule has 1 rings (SSSR count). The van der Waals surface area contributed by atoms with E-state index in [0.29, 0.717) is 6.54 Å². The lowest BCUT2D eigenvalue weighted by atomic mass is 10.2. The minimum Gasteiger partial charge on any atom is -0.365 e. The Bertz CT molecular complexity index is 389. The van der Waals surface area contributed by atoms with Crippen LogP contribution in [-0.2, 0) is 4.79 Å². The molecule has 0 bridgehead atoms. The SMILES string of the molecule is C#CCNC(=O)CN(C)c1ccc(C)cc1. The number of nitrogens with one attached hydrogen (secondary N) is 1. The lowest BCUT2D eigenvalue weighted by molar-refractivity contribution is -0.119. The average molecular weight is 216 g/mol. The van der Waals surface area contributed by atoms with E-state index in [4.69, 9.17) is 6.42 Å². The normalized spacial score (nSPS) is 9.31. The van der Waals surface area contributed by atoms with Crippen molar-refractivity contribution >= 4 is 11.6 Å². The van der Waals surface area contributed by atoms with Gasteiger partial charge in [-0.05, 0) is 19.1 Å². The van der Waals surface area contributed by atoms with Crippen LogP contribution in [0.1, 0.15) is 5.56 Å². The molecule has 3 heteroatoms. The molecule has 16 heavy (non-hydrogen) atoms. The molecule has 0 aromatic heterocycles. The third-order valence-corrected chi connectivity index (χ3v) is 2.24. The Morgan fingerprint density at radius 1 is 1.44 bits per heavy atom. The van der Waals surface area contributed by atoms with E-state index in [1.165, 1.54) is 5.56 Å². The molecule has 0 aliphatic heterocycles. The highest BCUT2D eigenvalue weighted by atomic mass is 16.1. The lowest BCUT2D eigenvalue weighted by Crippen LogP contribution is -2.35. The van der Waals surface area contributed by atoms with Gasteiger partial charge in [0, 0.05) is 12.7 Å². The second-order valence-electron chi connectivity index (χ2n) is 3.67. The number of anilines is 1. The van der Waals surface area contributed by atoms with Crippen molar-refractivity contribution in [3.8, 4) is 12.3 Å². The molecule has 1 amide bonds. The summed E-state index contributed by atoms with van der Waals surface area (Å²) in [5, 5.41) is 2.63. The fourth-order valence-electron chi connectivity index (χ4n) is 1.31. The predicted molar refractivity (Wildman–Crippen MR) is 66.3 cm³/mol. The second kappa shape index (κ2) is 5.82. The van der Waals surface area contributed by atoms with Crippen LogP contribution >= 0.6 is 0 Å². The number of amides is 1. The maximum absolute atomic E-state index is 11.4. The van der Waals surface area contributed by atoms with Gasteiger partial charge in [0.25, 0.3) is 0 Å². The molecular formula is C13H16N2O. The van der Waals surface area contributed by atoms with Gasteiger partial charge in [-0.25, -0.2) is 0 Å². The van der Waals surface area contributed by atoms with Gasteiger partial charge < -0.3 is 10.2 Å². The average Bonchev–Trinajstić information content (AvgIpc) is 2.27. The van der Waals surface area contributed by atoms with Crippen LogP contribution in [0.2, 0.25) is 0 Å². The van der Waals surface area contributed by atoms with Gasteiger partial charge in [-0.3, -0.25) is 4.79 Å². The van der Waals surface area contributed by atoms with Gasteiger partial charge in [0.05, 0.1) is 13.1 Å². The molecule has 0 atom stereocenters. The van der Waals surface area contributed by atoms with Crippen LogP contribution in [0, 0.1) is 19.3 Å². The van der Waals surface area contributed by atoms with E-state index in [2.05, 4.69) is 11.2 Å². The van der Waals surface area contributed by atoms with E-state index in [-0.39, 0.29) is 12.5 Å². The van der Waals surface area contributed by atoms with Crippen molar-refractivity contribution in [2.24, 2.45) is 0 Å². The first kappa shape index (κ1) is 12.1. The van der Waals surface area contributed by atoms with Crippen LogP contribution in [0.5, 0.6) is 0 Å². The Morgan fingerprint density at radius 3 is 2.62 bits per heavy atom. The Labute approximate surface area is 96.5 Å². The zero-order valence-electron chi connectivity index (χ0n) is 9.66. The van der Waals surface area contributed by atoms with Gasteiger partial charge in [0.2, 0.25) is 5.91 Å². The smallest absolute Gasteiger partial charge is 0.240 e. The molecule has 0 fully saturated rings. The van der Waals surface area contributed by atoms with E-state index < -0.39 is 0 Å². The topological polar surface area (TPSA) is 32.3 Å². The summed E-state index contributed by atoms with van der Waals surface area (Å²) in [5.41, 5.74) is 2.22. The number of benzene rings is 1. The number of carbonyl (C=O) groups is 1. The second-order valence-corrected chi connectivity index (χ2v) is 3.67. The molecule has 1 aromatic carbocycles. The first-order valence-corrected chi connectivity index (χ1v) is 5.11. The van der Waals surface area contributed by atoms with Gasteiger partial charge in [0.15, 0.2) is 0 Å². The molecule has 1 N–H and O–H groups in total. The summed E-state index contributed by atoms with van der Waals surface area (Å²) in [7, 11) is 1.88. The van der Waals surface area contributed by atoms with E-state index in [0.717, 1.165) is 5.69 Å². The van der Waals surface area contributed by atoms with Crippen molar-refractivity contribution in [3.63, 3.8) is 0 Å². The third-order valence-electron chi connectivity index (χ3n) is 2.24. The number of carbonyl (C=O) groups excluding carboxylic acids is 1. The first-order valence-electron chi connectivity index (χ1n) is 5.11. The Morgan fingerprint density at radius 2 is 2.06 bits per heavy atom. The summed E-state index contributed by atoms with van der Waals surface area (Å²) in [5.74, 6) is 2.30. The highest BCUT2D eigenvalue weighted by Crippen LogP contribution is 2.12. The fourth-order valence-corrected chi connectivity index (χ4v) is 1.31. The fraction of sp³-hybridized carbons (Fsp3) is 0.308. The van der Waals surface area contributed by atoms with Crippen LogP contribution in [0.4, 0.5) is 5.69 Å². The summed E-state index contributed by atoms with van der Waals surface area (Å²) in [6.45, 7) is 2.62. The molecule has 0 aliphatic carbocycles. The summed E-state index contributed by atoms with van der Waals surface area (Å²) in [6, 6.07) is 8.02. The molecule has 1 aromatic rings. The largest absolute Gasteiger partial charge is 0.365 e. The van der Waals surface area contributed by atoms with Crippen LogP contribution in [-0.4, -0.2) is 26.0 Å². The summed E-state index contributed by atoms with van der Waals surface area (Å²) < 4.78 is 0. The number of hydrogen-bond donors (Lipinski definition) is 1. The minimum atomic E-state index is -0.0685. The summed E-state index contributed by atoms with van der Waals surface area (Å²) >= 11 is 0. The minimum absolute atomic E-state index is 0.0685. The summed E-state index contributed by atoms with van der Waals surface area (Å²) in [6.07, 6.45) is 5.06. The first-order chi connectivity index (χ1) is 7.63. The highest BCUT2D eigenvalue weighted by Gasteiger charge is 2.05. The Balaban J connectivity index is 2.52. The molecule has 3 nitrogen and oxygen atoms in total. The van der Waals surface area contributed by atoms with Gasteiger partial charge >= 0.3 is 0 Å². The summed E-state index contributed by atoms with van der Waals surface area (Å²) in [4.78, 5) is 13.3. The molecule has 0 spiro atoms. The van der Waals surface area contributed by atoms with Crippen LogP contribution in [0.3, 0.4) is 0 Å². The maximum atomic E-state index is 11.4. The molecule has 0 heterocycles. The van der Waals surface area contributed by atoms with Crippen molar-refractivity contribution in [3.05, 3.63) is 29.8 Å². The van der Waals surface area contributed by atoms with Crippen molar-refractivity contribution in [2.45, 2.75) is 6.92 Å². The van der Waals surface area contributed by atoms with Crippen LogP contribution in [0.15, 0.2) is 24.3 Å². The van der Waals surface area contributed by atoms with Crippen LogP contribution in [0.25, 0.3) is 0 Å². The quantitative estimate of drug-likeness (QED) is 0.766. The van der Waals surface area contributed by atoms with Gasteiger partial charge in [-0.1, -0.05) is 23.6 Å². The van der Waals surface area contributed by atoms with Crippen molar-refractivity contribution < 1.29 is 4.79 Å².